The van der Waals surface area contributed by atoms with Crippen LogP contribution in [0.2, 0.25) is 0 Å². The summed E-state index contributed by atoms with van der Waals surface area (Å²) in [5, 5.41) is 0. The molecule has 2 rings (SSSR count). The molecule has 0 atom stereocenters. The number of ether oxygens (including phenoxy) is 1. The van der Waals surface area contributed by atoms with E-state index in [1.54, 1.807) is 13.3 Å². The molecule has 1 aliphatic rings. The van der Waals surface area contributed by atoms with Gasteiger partial charge in [-0.05, 0) is 31.4 Å². The fourth-order valence-electron chi connectivity index (χ4n) is 1.93. The molecular formula is C12H19N3O. The van der Waals surface area contributed by atoms with Crippen LogP contribution in [0, 0.1) is 6.92 Å². The Kier molecular flexibility index (Phi) is 3.29. The van der Waals surface area contributed by atoms with Crippen molar-refractivity contribution in [2.45, 2.75) is 25.8 Å². The molecule has 0 bridgehead atoms. The molecule has 88 valence electrons. The molecule has 16 heavy (non-hydrogen) atoms. The van der Waals surface area contributed by atoms with Gasteiger partial charge >= 0.3 is 0 Å². The maximum Gasteiger partial charge on any atom is 0.131 e. The van der Waals surface area contributed by atoms with Gasteiger partial charge in [-0.15, -0.1) is 0 Å². The van der Waals surface area contributed by atoms with Crippen LogP contribution in [0.25, 0.3) is 0 Å². The average Bonchev–Trinajstić information content (AvgIpc) is 3.05. The largest absolute Gasteiger partial charge is 0.397 e. The lowest BCUT2D eigenvalue weighted by molar-refractivity contribution is 0.204. The predicted molar refractivity (Wildman–Crippen MR) is 65.6 cm³/mol. The molecule has 1 aromatic heterocycles. The van der Waals surface area contributed by atoms with E-state index >= 15 is 0 Å². The molecule has 4 nitrogen and oxygen atoms in total. The fraction of sp³-hybridized carbons (Fsp3) is 0.583. The third-order valence-corrected chi connectivity index (χ3v) is 2.87. The Morgan fingerprint density at radius 2 is 2.31 bits per heavy atom. The first-order valence-corrected chi connectivity index (χ1v) is 5.70. The first-order chi connectivity index (χ1) is 7.72. The Hall–Kier alpha value is -1.29. The molecule has 4 heteroatoms. The van der Waals surface area contributed by atoms with Gasteiger partial charge in [0, 0.05) is 19.7 Å². The molecular weight excluding hydrogens is 202 g/mol. The highest BCUT2D eigenvalue weighted by atomic mass is 16.5. The summed E-state index contributed by atoms with van der Waals surface area (Å²) in [4.78, 5) is 6.77. The zero-order chi connectivity index (χ0) is 11.5. The van der Waals surface area contributed by atoms with Gasteiger partial charge in [-0.1, -0.05) is 0 Å². The van der Waals surface area contributed by atoms with E-state index in [9.17, 15) is 0 Å². The SMILES string of the molecule is COCCN(c1ncc(N)cc1C)C1CC1. The van der Waals surface area contributed by atoms with E-state index in [0.717, 1.165) is 30.2 Å². The molecule has 0 unspecified atom stereocenters. The van der Waals surface area contributed by atoms with Crippen molar-refractivity contribution in [3.8, 4) is 0 Å². The summed E-state index contributed by atoms with van der Waals surface area (Å²) < 4.78 is 5.14. The van der Waals surface area contributed by atoms with Crippen LogP contribution >= 0.6 is 0 Å². The third kappa shape index (κ3) is 2.44. The van der Waals surface area contributed by atoms with Gasteiger partial charge in [-0.25, -0.2) is 4.98 Å². The van der Waals surface area contributed by atoms with Crippen LogP contribution in [0.15, 0.2) is 12.3 Å². The van der Waals surface area contributed by atoms with Crippen molar-refractivity contribution < 1.29 is 4.74 Å². The number of hydrogen-bond acceptors (Lipinski definition) is 4. The van der Waals surface area contributed by atoms with Gasteiger partial charge in [0.2, 0.25) is 0 Å². The second-order valence-electron chi connectivity index (χ2n) is 4.33. The van der Waals surface area contributed by atoms with Crippen LogP contribution in [-0.4, -0.2) is 31.3 Å². The van der Waals surface area contributed by atoms with Crippen molar-refractivity contribution in [3.63, 3.8) is 0 Å². The summed E-state index contributed by atoms with van der Waals surface area (Å²) in [5.41, 5.74) is 7.58. The van der Waals surface area contributed by atoms with Crippen molar-refractivity contribution in [2.75, 3.05) is 30.9 Å². The van der Waals surface area contributed by atoms with Gasteiger partial charge in [0.25, 0.3) is 0 Å². The first kappa shape index (κ1) is 11.2. The molecule has 0 aromatic carbocycles. The van der Waals surface area contributed by atoms with Crippen LogP contribution in [0.1, 0.15) is 18.4 Å². The van der Waals surface area contributed by atoms with E-state index < -0.39 is 0 Å². The summed E-state index contributed by atoms with van der Waals surface area (Å²) in [7, 11) is 1.73. The molecule has 0 saturated heterocycles. The van der Waals surface area contributed by atoms with Gasteiger partial charge in [0.15, 0.2) is 0 Å². The Labute approximate surface area is 96.4 Å². The van der Waals surface area contributed by atoms with E-state index in [1.165, 1.54) is 12.8 Å². The van der Waals surface area contributed by atoms with Crippen LogP contribution in [0.5, 0.6) is 0 Å². The number of pyridine rings is 1. The number of aryl methyl sites for hydroxylation is 1. The second-order valence-corrected chi connectivity index (χ2v) is 4.33. The molecule has 1 fully saturated rings. The fourth-order valence-corrected chi connectivity index (χ4v) is 1.93. The summed E-state index contributed by atoms with van der Waals surface area (Å²) >= 11 is 0. The van der Waals surface area contributed by atoms with E-state index in [0.29, 0.717) is 6.04 Å². The van der Waals surface area contributed by atoms with Crippen molar-refractivity contribution in [1.82, 2.24) is 4.98 Å². The van der Waals surface area contributed by atoms with Crippen molar-refractivity contribution in [3.05, 3.63) is 17.8 Å². The molecule has 0 radical (unpaired) electrons. The highest BCUT2D eigenvalue weighted by Gasteiger charge is 2.30. The second kappa shape index (κ2) is 4.70. The van der Waals surface area contributed by atoms with Crippen molar-refractivity contribution in [1.29, 1.82) is 0 Å². The Balaban J connectivity index is 2.17. The lowest BCUT2D eigenvalue weighted by Gasteiger charge is -2.24. The average molecular weight is 221 g/mol. The first-order valence-electron chi connectivity index (χ1n) is 5.70. The zero-order valence-electron chi connectivity index (χ0n) is 9.94. The monoisotopic (exact) mass is 221 g/mol. The highest BCUT2D eigenvalue weighted by molar-refractivity contribution is 5.53. The smallest absolute Gasteiger partial charge is 0.131 e. The van der Waals surface area contributed by atoms with Crippen LogP contribution in [-0.2, 0) is 4.74 Å². The molecule has 1 saturated carbocycles. The van der Waals surface area contributed by atoms with Crippen LogP contribution < -0.4 is 10.6 Å². The van der Waals surface area contributed by atoms with E-state index in [4.69, 9.17) is 10.5 Å². The van der Waals surface area contributed by atoms with Crippen LogP contribution in [0.4, 0.5) is 11.5 Å². The topological polar surface area (TPSA) is 51.4 Å². The maximum atomic E-state index is 5.71. The molecule has 2 N–H and O–H groups in total. The number of nitrogen functional groups attached to an aromatic ring is 1. The number of nitrogens with zero attached hydrogens (tertiary/aromatic N) is 2. The van der Waals surface area contributed by atoms with Crippen molar-refractivity contribution >= 4 is 11.5 Å². The van der Waals surface area contributed by atoms with E-state index in [-0.39, 0.29) is 0 Å². The number of nitrogens with two attached hydrogens (primary N) is 1. The number of rotatable bonds is 5. The quantitative estimate of drug-likeness (QED) is 0.820. The lowest BCUT2D eigenvalue weighted by atomic mass is 10.2. The highest BCUT2D eigenvalue weighted by Crippen LogP contribution is 2.32. The summed E-state index contributed by atoms with van der Waals surface area (Å²) in [6.45, 7) is 3.70. The molecule has 1 aromatic rings. The summed E-state index contributed by atoms with van der Waals surface area (Å²) in [6, 6.07) is 2.62. The predicted octanol–water partition coefficient (Wildman–Crippen LogP) is 1.59. The number of anilines is 2. The molecule has 0 spiro atoms. The van der Waals surface area contributed by atoms with Gasteiger partial charge in [-0.2, -0.15) is 0 Å². The van der Waals surface area contributed by atoms with Gasteiger partial charge in [-0.3, -0.25) is 0 Å². The standard InChI is InChI=1S/C12H19N3O/c1-9-7-10(13)8-14-12(9)15(5-6-16-2)11-3-4-11/h7-8,11H,3-6,13H2,1-2H3. The number of aromatic nitrogens is 1. The maximum absolute atomic E-state index is 5.71. The van der Waals surface area contributed by atoms with Gasteiger partial charge < -0.3 is 15.4 Å². The minimum absolute atomic E-state index is 0.643. The Bertz CT molecular complexity index is 363. The van der Waals surface area contributed by atoms with E-state index in [1.807, 2.05) is 6.07 Å². The zero-order valence-corrected chi connectivity index (χ0v) is 9.94. The Morgan fingerprint density at radius 3 is 2.88 bits per heavy atom. The summed E-state index contributed by atoms with van der Waals surface area (Å²) in [6.07, 6.45) is 4.24. The molecule has 1 heterocycles. The van der Waals surface area contributed by atoms with Crippen LogP contribution in [0.3, 0.4) is 0 Å². The minimum atomic E-state index is 0.643. The lowest BCUT2D eigenvalue weighted by Crippen LogP contribution is -2.30. The molecule has 1 aliphatic carbocycles. The number of methoxy groups -OCH3 is 1. The number of hydrogen-bond donors (Lipinski definition) is 1. The van der Waals surface area contributed by atoms with Crippen molar-refractivity contribution in [2.24, 2.45) is 0 Å². The Morgan fingerprint density at radius 1 is 1.56 bits per heavy atom. The molecule has 0 amide bonds. The molecule has 0 aliphatic heterocycles. The van der Waals surface area contributed by atoms with Gasteiger partial charge in [0.1, 0.15) is 5.82 Å². The van der Waals surface area contributed by atoms with E-state index in [2.05, 4.69) is 16.8 Å². The third-order valence-electron chi connectivity index (χ3n) is 2.87. The van der Waals surface area contributed by atoms with Gasteiger partial charge in [0.05, 0.1) is 18.5 Å². The minimum Gasteiger partial charge on any atom is -0.397 e. The summed E-state index contributed by atoms with van der Waals surface area (Å²) in [5.74, 6) is 1.05. The normalized spacial score (nSPS) is 15.1.